The highest BCUT2D eigenvalue weighted by Crippen LogP contribution is 2.24. The molecule has 2 aromatic heterocycles. The van der Waals surface area contributed by atoms with Gasteiger partial charge in [-0.1, -0.05) is 12.1 Å². The lowest BCUT2D eigenvalue weighted by molar-refractivity contribution is 0.234. The van der Waals surface area contributed by atoms with Gasteiger partial charge < -0.3 is 15.6 Å². The number of rotatable bonds is 5. The van der Waals surface area contributed by atoms with Gasteiger partial charge >= 0.3 is 0 Å². The maximum absolute atomic E-state index is 8.81. The van der Waals surface area contributed by atoms with E-state index in [1.807, 2.05) is 47.0 Å². The first-order valence-corrected chi connectivity index (χ1v) is 6.73. The highest BCUT2D eigenvalue weighted by atomic mass is 16.5. The molecule has 0 unspecified atom stereocenters. The molecule has 1 aromatic carbocycles. The van der Waals surface area contributed by atoms with E-state index in [-0.39, 0.29) is 6.61 Å². The molecule has 0 spiro atoms. The fourth-order valence-electron chi connectivity index (χ4n) is 2.13. The Morgan fingerprint density at radius 2 is 2.10 bits per heavy atom. The first kappa shape index (κ1) is 13.4. The molecule has 0 atom stereocenters. The molecule has 3 rings (SSSR count). The Balaban J connectivity index is 2.01. The van der Waals surface area contributed by atoms with E-state index in [1.165, 1.54) is 0 Å². The molecule has 6 nitrogen and oxygen atoms in total. The number of hydrogen-bond donors (Lipinski definition) is 2. The minimum absolute atomic E-state index is 0.102. The fourth-order valence-corrected chi connectivity index (χ4v) is 2.13. The number of fused-ring (bicyclic) bond motifs is 1. The van der Waals surface area contributed by atoms with E-state index in [2.05, 4.69) is 10.2 Å². The lowest BCUT2D eigenvalue weighted by Gasteiger charge is -2.06. The zero-order valence-corrected chi connectivity index (χ0v) is 11.4. The molecular formula is C15H16N4O2. The van der Waals surface area contributed by atoms with Crippen molar-refractivity contribution in [3.05, 3.63) is 42.6 Å². The first-order valence-electron chi connectivity index (χ1n) is 6.73. The van der Waals surface area contributed by atoms with Crippen molar-refractivity contribution in [2.24, 2.45) is 0 Å². The van der Waals surface area contributed by atoms with Gasteiger partial charge in [-0.2, -0.15) is 0 Å². The Morgan fingerprint density at radius 1 is 1.19 bits per heavy atom. The van der Waals surface area contributed by atoms with Gasteiger partial charge in [-0.05, 0) is 24.3 Å². The molecule has 6 heteroatoms. The number of aliphatic hydroxyl groups is 1. The number of nitrogens with zero attached hydrogens (tertiary/aromatic N) is 3. The zero-order chi connectivity index (χ0) is 14.7. The van der Waals surface area contributed by atoms with Gasteiger partial charge in [-0.25, -0.2) is 0 Å². The maximum atomic E-state index is 8.81. The van der Waals surface area contributed by atoms with Gasteiger partial charge in [0.05, 0.1) is 6.61 Å². The van der Waals surface area contributed by atoms with Crippen molar-refractivity contribution in [3.8, 4) is 17.1 Å². The van der Waals surface area contributed by atoms with Gasteiger partial charge in [-0.3, -0.25) is 4.40 Å². The van der Waals surface area contributed by atoms with Crippen LogP contribution in [0.3, 0.4) is 0 Å². The predicted octanol–water partition coefficient (Wildman–Crippen LogP) is 1.74. The van der Waals surface area contributed by atoms with Gasteiger partial charge in [0.15, 0.2) is 11.6 Å². The highest BCUT2D eigenvalue weighted by molar-refractivity contribution is 5.66. The van der Waals surface area contributed by atoms with Gasteiger partial charge in [0.1, 0.15) is 0 Å². The van der Waals surface area contributed by atoms with E-state index in [0.29, 0.717) is 35.9 Å². The van der Waals surface area contributed by atoms with Crippen LogP contribution in [0.25, 0.3) is 17.0 Å². The number of ether oxygens (including phenoxy) is 1. The zero-order valence-electron chi connectivity index (χ0n) is 11.4. The van der Waals surface area contributed by atoms with Crippen LogP contribution in [0, 0.1) is 0 Å². The normalized spacial score (nSPS) is 10.9. The summed E-state index contributed by atoms with van der Waals surface area (Å²) in [5, 5.41) is 17.2. The summed E-state index contributed by atoms with van der Waals surface area (Å²) in [5.41, 5.74) is 8.04. The molecule has 21 heavy (non-hydrogen) atoms. The summed E-state index contributed by atoms with van der Waals surface area (Å²) in [5.74, 6) is 1.36. The van der Waals surface area contributed by atoms with Gasteiger partial charge in [-0.15, -0.1) is 10.2 Å². The minimum Gasteiger partial charge on any atom is -0.490 e. The lowest BCUT2D eigenvalue weighted by atomic mass is 10.2. The third kappa shape index (κ3) is 2.66. The number of hydrogen-bond acceptors (Lipinski definition) is 5. The van der Waals surface area contributed by atoms with E-state index in [0.717, 1.165) is 5.56 Å². The lowest BCUT2D eigenvalue weighted by Crippen LogP contribution is -2.01. The number of nitrogens with two attached hydrogens (primary N) is 1. The molecule has 0 aliphatic carbocycles. The fraction of sp³-hybridized carbons (Fsp3) is 0.200. The quantitative estimate of drug-likeness (QED) is 0.550. The number of anilines is 1. The van der Waals surface area contributed by atoms with Crippen LogP contribution in [0.5, 0.6) is 5.75 Å². The van der Waals surface area contributed by atoms with Crippen LogP contribution in [0.4, 0.5) is 5.69 Å². The Labute approximate surface area is 121 Å². The van der Waals surface area contributed by atoms with E-state index >= 15 is 0 Å². The van der Waals surface area contributed by atoms with Crippen molar-refractivity contribution >= 4 is 11.3 Å². The Bertz CT molecular complexity index is 754. The van der Waals surface area contributed by atoms with Crippen molar-refractivity contribution in [1.29, 1.82) is 0 Å². The molecule has 108 valence electrons. The number of nitrogen functional groups attached to an aromatic ring is 1. The Kier molecular flexibility index (Phi) is 3.70. The summed E-state index contributed by atoms with van der Waals surface area (Å²) in [7, 11) is 0. The predicted molar refractivity (Wildman–Crippen MR) is 80.0 cm³/mol. The minimum atomic E-state index is 0.102. The molecule has 0 aliphatic rings. The third-order valence-corrected chi connectivity index (χ3v) is 3.10. The van der Waals surface area contributed by atoms with E-state index < -0.39 is 0 Å². The number of pyridine rings is 1. The molecule has 0 radical (unpaired) electrons. The molecule has 0 bridgehead atoms. The van der Waals surface area contributed by atoms with Crippen LogP contribution >= 0.6 is 0 Å². The van der Waals surface area contributed by atoms with Crippen molar-refractivity contribution in [3.63, 3.8) is 0 Å². The van der Waals surface area contributed by atoms with Crippen molar-refractivity contribution in [1.82, 2.24) is 14.6 Å². The topological polar surface area (TPSA) is 85.7 Å². The molecule has 2 heterocycles. The summed E-state index contributed by atoms with van der Waals surface area (Å²) in [6.07, 6.45) is 2.46. The summed E-state index contributed by atoms with van der Waals surface area (Å²) in [4.78, 5) is 0. The average molecular weight is 284 g/mol. The second-order valence-corrected chi connectivity index (χ2v) is 4.64. The largest absolute Gasteiger partial charge is 0.490 e. The third-order valence-electron chi connectivity index (χ3n) is 3.10. The van der Waals surface area contributed by atoms with E-state index in [9.17, 15) is 0 Å². The molecule has 0 saturated carbocycles. The SMILES string of the molecule is Nc1cccc(-c2nnc3c(OCCCO)cccn23)c1. The van der Waals surface area contributed by atoms with Crippen molar-refractivity contribution in [2.75, 3.05) is 18.9 Å². The van der Waals surface area contributed by atoms with Crippen LogP contribution in [0.1, 0.15) is 6.42 Å². The molecular weight excluding hydrogens is 268 g/mol. The van der Waals surface area contributed by atoms with Crippen LogP contribution in [-0.2, 0) is 0 Å². The van der Waals surface area contributed by atoms with Crippen molar-refractivity contribution < 1.29 is 9.84 Å². The maximum Gasteiger partial charge on any atom is 0.203 e. The van der Waals surface area contributed by atoms with Crippen LogP contribution < -0.4 is 10.5 Å². The second-order valence-electron chi connectivity index (χ2n) is 4.64. The number of aliphatic hydroxyl groups excluding tert-OH is 1. The summed E-state index contributed by atoms with van der Waals surface area (Å²) < 4.78 is 7.49. The highest BCUT2D eigenvalue weighted by Gasteiger charge is 2.11. The van der Waals surface area contributed by atoms with E-state index in [1.54, 1.807) is 0 Å². The Hall–Kier alpha value is -2.60. The van der Waals surface area contributed by atoms with Crippen LogP contribution in [0.15, 0.2) is 42.6 Å². The standard InChI is InChI=1S/C15H16N4O2/c16-12-5-1-4-11(10-12)14-17-18-15-13(21-9-3-8-20)6-2-7-19(14)15/h1-2,4-7,10,20H,3,8-9,16H2. The van der Waals surface area contributed by atoms with Gasteiger partial charge in [0, 0.05) is 30.5 Å². The van der Waals surface area contributed by atoms with Crippen molar-refractivity contribution in [2.45, 2.75) is 6.42 Å². The average Bonchev–Trinajstić information content (AvgIpc) is 2.92. The molecule has 0 fully saturated rings. The number of benzene rings is 1. The summed E-state index contributed by atoms with van der Waals surface area (Å²) in [6, 6.07) is 11.2. The molecule has 0 saturated heterocycles. The van der Waals surface area contributed by atoms with Crippen LogP contribution in [0.2, 0.25) is 0 Å². The molecule has 3 N–H and O–H groups in total. The summed E-state index contributed by atoms with van der Waals surface area (Å²) in [6.45, 7) is 0.543. The van der Waals surface area contributed by atoms with Crippen LogP contribution in [-0.4, -0.2) is 32.9 Å². The van der Waals surface area contributed by atoms with Gasteiger partial charge in [0.2, 0.25) is 5.65 Å². The first-order chi connectivity index (χ1) is 10.3. The molecule has 0 aliphatic heterocycles. The second kappa shape index (κ2) is 5.80. The smallest absolute Gasteiger partial charge is 0.203 e. The molecule has 3 aromatic rings. The van der Waals surface area contributed by atoms with E-state index in [4.69, 9.17) is 15.6 Å². The Morgan fingerprint density at radius 3 is 2.90 bits per heavy atom. The number of aromatic nitrogens is 3. The summed E-state index contributed by atoms with van der Waals surface area (Å²) >= 11 is 0. The van der Waals surface area contributed by atoms with Gasteiger partial charge in [0.25, 0.3) is 0 Å². The monoisotopic (exact) mass is 284 g/mol. The molecule has 0 amide bonds.